The predicted molar refractivity (Wildman–Crippen MR) is 142 cm³/mol. The van der Waals surface area contributed by atoms with Crippen LogP contribution in [0.3, 0.4) is 0 Å². The van der Waals surface area contributed by atoms with Crippen molar-refractivity contribution < 1.29 is 9.53 Å². The molecule has 0 aliphatic heterocycles. The molecule has 1 N–H and O–H groups in total. The number of ether oxygens (including phenoxy) is 1. The predicted octanol–water partition coefficient (Wildman–Crippen LogP) is 5.69. The number of benzene rings is 1. The van der Waals surface area contributed by atoms with Gasteiger partial charge in [-0.3, -0.25) is 4.79 Å². The van der Waals surface area contributed by atoms with Crippen molar-refractivity contribution in [2.45, 2.75) is 66.3 Å². The Bertz CT molecular complexity index is 885. The summed E-state index contributed by atoms with van der Waals surface area (Å²) in [5.41, 5.74) is 4.25. The molecule has 6 heteroatoms. The van der Waals surface area contributed by atoms with Crippen LogP contribution < -0.4 is 10.1 Å². The van der Waals surface area contributed by atoms with E-state index >= 15 is 0 Å². The Hall–Kier alpha value is -1.92. The molecule has 0 aliphatic carbocycles. The van der Waals surface area contributed by atoms with Crippen LogP contribution in [0.1, 0.15) is 74.6 Å². The quantitative estimate of drug-likeness (QED) is 0.358. The number of rotatable bonds is 14. The van der Waals surface area contributed by atoms with Gasteiger partial charge in [-0.1, -0.05) is 39.8 Å². The molecule has 0 bridgehead atoms. The Morgan fingerprint density at radius 1 is 1.09 bits per heavy atom. The number of nitrogens with one attached hydrogen (secondary N) is 1. The second-order valence-electron chi connectivity index (χ2n) is 8.50. The topological polar surface area (TPSA) is 46.5 Å². The van der Waals surface area contributed by atoms with Crippen molar-refractivity contribution in [2.24, 2.45) is 0 Å². The molecule has 1 aromatic carbocycles. The number of hydrogen-bond donors (Lipinski definition) is 1. The van der Waals surface area contributed by atoms with Gasteiger partial charge in [0.1, 0.15) is 17.4 Å². The summed E-state index contributed by atoms with van der Waals surface area (Å²) in [6.45, 7) is 17.3. The zero-order chi connectivity index (χ0) is 24.4. The van der Waals surface area contributed by atoms with Gasteiger partial charge < -0.3 is 19.5 Å². The van der Waals surface area contributed by atoms with Crippen LogP contribution in [0.4, 0.5) is 0 Å². The zero-order valence-corrected chi connectivity index (χ0v) is 22.5. The molecule has 33 heavy (non-hydrogen) atoms. The van der Waals surface area contributed by atoms with E-state index in [-0.39, 0.29) is 11.3 Å². The molecule has 0 saturated heterocycles. The van der Waals surface area contributed by atoms with Crippen molar-refractivity contribution in [1.29, 1.82) is 0 Å². The van der Waals surface area contributed by atoms with Crippen LogP contribution in [-0.4, -0.2) is 53.7 Å². The standard InChI is InChI=1S/C27H43N3O2S/c1-8-27(9-2,22-13-14-25(21(6)17-22)32-20-33-7)23-18-24(30(12-5)19-23)26(31)28-15-16-29(10-3)11-4/h13-14,17-19H,8-12,15-16,20H2,1-7H3,(H,28,31). The molecule has 2 rings (SSSR count). The summed E-state index contributed by atoms with van der Waals surface area (Å²) >= 11 is 1.67. The summed E-state index contributed by atoms with van der Waals surface area (Å²) < 4.78 is 7.96. The lowest BCUT2D eigenvalue weighted by molar-refractivity contribution is 0.0939. The van der Waals surface area contributed by atoms with Crippen LogP contribution in [0.5, 0.6) is 5.75 Å². The van der Waals surface area contributed by atoms with Gasteiger partial charge in [0.05, 0.1) is 0 Å². The van der Waals surface area contributed by atoms with E-state index in [4.69, 9.17) is 4.74 Å². The molecule has 0 spiro atoms. The van der Waals surface area contributed by atoms with Crippen molar-refractivity contribution in [3.8, 4) is 5.75 Å². The van der Waals surface area contributed by atoms with Crippen LogP contribution in [0.15, 0.2) is 30.5 Å². The Morgan fingerprint density at radius 3 is 2.33 bits per heavy atom. The van der Waals surface area contributed by atoms with Gasteiger partial charge in [-0.05, 0) is 74.9 Å². The van der Waals surface area contributed by atoms with E-state index in [0.717, 1.165) is 56.0 Å². The smallest absolute Gasteiger partial charge is 0.267 e. The van der Waals surface area contributed by atoms with Gasteiger partial charge in [0, 0.05) is 31.2 Å². The van der Waals surface area contributed by atoms with Gasteiger partial charge in [0.25, 0.3) is 5.91 Å². The minimum atomic E-state index is -0.139. The van der Waals surface area contributed by atoms with Crippen LogP contribution in [0.25, 0.3) is 0 Å². The Labute approximate surface area is 205 Å². The molecule has 0 saturated carbocycles. The lowest BCUT2D eigenvalue weighted by Crippen LogP contribution is -2.35. The highest BCUT2D eigenvalue weighted by atomic mass is 32.2. The van der Waals surface area contributed by atoms with Crippen molar-refractivity contribution in [3.05, 3.63) is 52.8 Å². The lowest BCUT2D eigenvalue weighted by atomic mass is 9.71. The third-order valence-electron chi connectivity index (χ3n) is 6.90. The number of hydrogen-bond acceptors (Lipinski definition) is 4. The number of likely N-dealkylation sites (N-methyl/N-ethyl adjacent to an activating group) is 1. The number of aromatic nitrogens is 1. The first-order chi connectivity index (χ1) is 15.9. The van der Waals surface area contributed by atoms with E-state index in [1.54, 1.807) is 11.8 Å². The minimum Gasteiger partial charge on any atom is -0.483 e. The van der Waals surface area contributed by atoms with E-state index in [0.29, 0.717) is 12.5 Å². The Kier molecular flexibility index (Phi) is 10.8. The van der Waals surface area contributed by atoms with Crippen molar-refractivity contribution in [3.63, 3.8) is 0 Å². The largest absolute Gasteiger partial charge is 0.483 e. The van der Waals surface area contributed by atoms with Gasteiger partial charge in [-0.2, -0.15) is 0 Å². The maximum atomic E-state index is 13.1. The molecule has 1 aromatic heterocycles. The highest BCUT2D eigenvalue weighted by Crippen LogP contribution is 2.41. The molecule has 1 amide bonds. The van der Waals surface area contributed by atoms with Gasteiger partial charge >= 0.3 is 0 Å². The second kappa shape index (κ2) is 13.1. The van der Waals surface area contributed by atoms with E-state index in [1.807, 2.05) is 6.26 Å². The number of nitrogens with zero attached hydrogens (tertiary/aromatic N) is 2. The average molecular weight is 474 g/mol. The first-order valence-corrected chi connectivity index (χ1v) is 13.7. The molecular weight excluding hydrogens is 430 g/mol. The third-order valence-corrected chi connectivity index (χ3v) is 7.25. The lowest BCUT2D eigenvalue weighted by Gasteiger charge is -2.32. The SMILES string of the molecule is CCN(CC)CCNC(=O)c1cc(C(CC)(CC)c2ccc(OCSC)c(C)c2)cn1CC. The number of carbonyl (C=O) groups excluding carboxylic acids is 1. The van der Waals surface area contributed by atoms with E-state index < -0.39 is 0 Å². The average Bonchev–Trinajstić information content (AvgIpc) is 3.27. The molecule has 184 valence electrons. The van der Waals surface area contributed by atoms with Gasteiger partial charge in [-0.25, -0.2) is 0 Å². The van der Waals surface area contributed by atoms with Crippen LogP contribution in [0, 0.1) is 6.92 Å². The van der Waals surface area contributed by atoms with Crippen molar-refractivity contribution in [1.82, 2.24) is 14.8 Å². The molecule has 0 atom stereocenters. The normalized spacial score (nSPS) is 11.8. The van der Waals surface area contributed by atoms with Crippen molar-refractivity contribution >= 4 is 17.7 Å². The maximum absolute atomic E-state index is 13.1. The maximum Gasteiger partial charge on any atom is 0.267 e. The first kappa shape index (κ1) is 27.3. The summed E-state index contributed by atoms with van der Waals surface area (Å²) in [6.07, 6.45) is 6.15. The van der Waals surface area contributed by atoms with Gasteiger partial charge in [0.15, 0.2) is 0 Å². The zero-order valence-electron chi connectivity index (χ0n) is 21.7. The van der Waals surface area contributed by atoms with Gasteiger partial charge in [0.2, 0.25) is 0 Å². The highest BCUT2D eigenvalue weighted by molar-refractivity contribution is 7.98. The number of amides is 1. The van der Waals surface area contributed by atoms with E-state index in [9.17, 15) is 4.79 Å². The summed E-state index contributed by atoms with van der Waals surface area (Å²) in [5, 5.41) is 3.13. The fourth-order valence-corrected chi connectivity index (χ4v) is 4.89. The molecule has 2 aromatic rings. The molecule has 0 fully saturated rings. The fourth-order valence-electron chi connectivity index (χ4n) is 4.65. The Balaban J connectivity index is 2.34. The molecule has 1 heterocycles. The van der Waals surface area contributed by atoms with Crippen LogP contribution in [-0.2, 0) is 12.0 Å². The van der Waals surface area contributed by atoms with Gasteiger partial charge in [-0.15, -0.1) is 11.8 Å². The number of aryl methyl sites for hydroxylation is 2. The first-order valence-electron chi connectivity index (χ1n) is 12.3. The monoisotopic (exact) mass is 473 g/mol. The number of thioether (sulfide) groups is 1. The number of carbonyl (C=O) groups is 1. The Morgan fingerprint density at radius 2 is 1.79 bits per heavy atom. The molecule has 0 radical (unpaired) electrons. The minimum absolute atomic E-state index is 0.00774. The van der Waals surface area contributed by atoms with Crippen molar-refractivity contribution in [2.75, 3.05) is 38.4 Å². The van der Waals surface area contributed by atoms with Crippen LogP contribution in [0.2, 0.25) is 0 Å². The molecular formula is C27H43N3O2S. The van der Waals surface area contributed by atoms with E-state index in [1.165, 1.54) is 11.1 Å². The summed E-state index contributed by atoms with van der Waals surface area (Å²) in [4.78, 5) is 15.4. The van der Waals surface area contributed by atoms with Crippen LogP contribution >= 0.6 is 11.8 Å². The third kappa shape index (κ3) is 6.36. The molecule has 0 unspecified atom stereocenters. The second-order valence-corrected chi connectivity index (χ2v) is 9.32. The summed E-state index contributed by atoms with van der Waals surface area (Å²) in [5.74, 6) is 1.60. The summed E-state index contributed by atoms with van der Waals surface area (Å²) in [6, 6.07) is 8.66. The molecule has 5 nitrogen and oxygen atoms in total. The highest BCUT2D eigenvalue weighted by Gasteiger charge is 2.33. The fraction of sp³-hybridized carbons (Fsp3) is 0.593. The molecule has 0 aliphatic rings. The summed E-state index contributed by atoms with van der Waals surface area (Å²) in [7, 11) is 0. The van der Waals surface area contributed by atoms with E-state index in [2.05, 4.69) is 86.8 Å².